The Morgan fingerprint density at radius 1 is 1.64 bits per heavy atom. The lowest BCUT2D eigenvalue weighted by molar-refractivity contribution is -0.385. The van der Waals surface area contributed by atoms with Crippen LogP contribution in [0.1, 0.15) is 0 Å². The van der Waals surface area contributed by atoms with Crippen molar-refractivity contribution < 1.29 is 18.1 Å². The Balaban J connectivity index is 2.92. The summed E-state index contributed by atoms with van der Waals surface area (Å²) in [6, 6.07) is 0. The zero-order valence-corrected chi connectivity index (χ0v) is 8.61. The quantitative estimate of drug-likeness (QED) is 0.475. The molecule has 0 radical (unpaired) electrons. The minimum atomic E-state index is -4.43. The van der Waals surface area contributed by atoms with E-state index < -0.39 is 23.3 Å². The zero-order valence-electron chi connectivity index (χ0n) is 6.45. The Morgan fingerprint density at radius 3 is 2.57 bits per heavy atom. The van der Waals surface area contributed by atoms with Gasteiger partial charge in [0.05, 0.1) is 4.92 Å². The standard InChI is InChI=1S/C5H3F3IN3O2/c6-5(7,8)2-11-1-3(12(13)14)4(9)10-11/h1H,2H2. The Bertz CT molecular complexity index is 362. The molecule has 5 nitrogen and oxygen atoms in total. The van der Waals surface area contributed by atoms with Crippen LogP contribution >= 0.6 is 22.6 Å². The van der Waals surface area contributed by atoms with Crippen LogP contribution in [0.4, 0.5) is 18.9 Å². The lowest BCUT2D eigenvalue weighted by Gasteiger charge is -2.04. The fourth-order valence-electron chi connectivity index (χ4n) is 0.774. The molecule has 0 amide bonds. The third-order valence-electron chi connectivity index (χ3n) is 1.24. The van der Waals surface area contributed by atoms with Gasteiger partial charge < -0.3 is 0 Å². The molecular weight excluding hydrogens is 318 g/mol. The summed E-state index contributed by atoms with van der Waals surface area (Å²) in [7, 11) is 0. The minimum Gasteiger partial charge on any atom is -0.258 e. The van der Waals surface area contributed by atoms with E-state index in [9.17, 15) is 23.3 Å². The number of rotatable bonds is 2. The maximum atomic E-state index is 11.9. The molecule has 0 aliphatic carbocycles. The van der Waals surface area contributed by atoms with Crippen LogP contribution in [0.25, 0.3) is 0 Å². The van der Waals surface area contributed by atoms with Crippen LogP contribution in [0.3, 0.4) is 0 Å². The fourth-order valence-corrected chi connectivity index (χ4v) is 1.39. The molecule has 0 aliphatic heterocycles. The van der Waals surface area contributed by atoms with E-state index in [0.717, 1.165) is 6.20 Å². The summed E-state index contributed by atoms with van der Waals surface area (Å²) in [6.07, 6.45) is -3.67. The first-order valence-electron chi connectivity index (χ1n) is 3.23. The summed E-state index contributed by atoms with van der Waals surface area (Å²) in [6.45, 7) is -1.32. The van der Waals surface area contributed by atoms with E-state index in [1.165, 1.54) is 22.6 Å². The molecule has 14 heavy (non-hydrogen) atoms. The van der Waals surface area contributed by atoms with Gasteiger partial charge in [-0.25, -0.2) is 0 Å². The van der Waals surface area contributed by atoms with E-state index in [0.29, 0.717) is 4.68 Å². The molecule has 9 heteroatoms. The SMILES string of the molecule is O=[N+]([O-])c1cn(CC(F)(F)F)nc1I. The van der Waals surface area contributed by atoms with Crippen LogP contribution in [0, 0.1) is 13.8 Å². The summed E-state index contributed by atoms with van der Waals surface area (Å²) >= 11 is 1.51. The molecule has 0 saturated heterocycles. The Labute approximate surface area is 89.2 Å². The zero-order chi connectivity index (χ0) is 10.9. The van der Waals surface area contributed by atoms with Crippen LogP contribution in [-0.2, 0) is 6.54 Å². The number of hydrogen-bond donors (Lipinski definition) is 0. The first-order chi connectivity index (χ1) is 6.29. The van der Waals surface area contributed by atoms with Gasteiger partial charge in [0.2, 0.25) is 0 Å². The van der Waals surface area contributed by atoms with Crippen molar-refractivity contribution >= 4 is 28.3 Å². The van der Waals surface area contributed by atoms with E-state index in [1.54, 1.807) is 0 Å². The van der Waals surface area contributed by atoms with Crippen molar-refractivity contribution in [1.29, 1.82) is 0 Å². The molecule has 78 valence electrons. The largest absolute Gasteiger partial charge is 0.408 e. The van der Waals surface area contributed by atoms with Crippen LogP contribution in [0.15, 0.2) is 6.20 Å². The Hall–Kier alpha value is -0.870. The number of hydrogen-bond acceptors (Lipinski definition) is 3. The molecule has 0 atom stereocenters. The van der Waals surface area contributed by atoms with Gasteiger partial charge in [-0.15, -0.1) is 0 Å². The molecular formula is C5H3F3IN3O2. The van der Waals surface area contributed by atoms with Gasteiger partial charge in [-0.3, -0.25) is 14.8 Å². The molecule has 0 saturated carbocycles. The lowest BCUT2D eigenvalue weighted by atomic mass is 10.6. The highest BCUT2D eigenvalue weighted by Gasteiger charge is 2.30. The highest BCUT2D eigenvalue weighted by Crippen LogP contribution is 2.22. The molecule has 1 heterocycles. The monoisotopic (exact) mass is 321 g/mol. The smallest absolute Gasteiger partial charge is 0.258 e. The van der Waals surface area contributed by atoms with Crippen LogP contribution in [-0.4, -0.2) is 20.9 Å². The molecule has 0 fully saturated rings. The van der Waals surface area contributed by atoms with Crippen molar-refractivity contribution in [3.8, 4) is 0 Å². The van der Waals surface area contributed by atoms with E-state index >= 15 is 0 Å². The second-order valence-corrected chi connectivity index (χ2v) is 3.40. The first-order valence-corrected chi connectivity index (χ1v) is 4.31. The molecule has 0 aromatic carbocycles. The summed E-state index contributed by atoms with van der Waals surface area (Å²) in [5, 5.41) is 13.6. The molecule has 0 spiro atoms. The van der Waals surface area contributed by atoms with Crippen LogP contribution in [0.2, 0.25) is 0 Å². The molecule has 0 aliphatic rings. The maximum absolute atomic E-state index is 11.9. The third-order valence-corrected chi connectivity index (χ3v) is 2.01. The van der Waals surface area contributed by atoms with E-state index in [1.807, 2.05) is 0 Å². The van der Waals surface area contributed by atoms with Gasteiger partial charge in [0.15, 0.2) is 3.70 Å². The number of halogens is 4. The predicted molar refractivity (Wildman–Crippen MR) is 47.7 cm³/mol. The van der Waals surface area contributed by atoms with Gasteiger partial charge in [0.25, 0.3) is 0 Å². The number of aromatic nitrogens is 2. The van der Waals surface area contributed by atoms with E-state index in [-0.39, 0.29) is 3.70 Å². The minimum absolute atomic E-state index is 0.0585. The highest BCUT2D eigenvalue weighted by atomic mass is 127. The van der Waals surface area contributed by atoms with Crippen molar-refractivity contribution in [3.05, 3.63) is 20.0 Å². The first kappa shape index (κ1) is 11.2. The predicted octanol–water partition coefficient (Wildman–Crippen LogP) is 1.96. The second-order valence-electron chi connectivity index (χ2n) is 2.38. The van der Waals surface area contributed by atoms with E-state index in [4.69, 9.17) is 0 Å². The van der Waals surface area contributed by atoms with Crippen molar-refractivity contribution in [2.75, 3.05) is 0 Å². The van der Waals surface area contributed by atoms with Gasteiger partial charge in [-0.05, 0) is 22.6 Å². The number of alkyl halides is 3. The fraction of sp³-hybridized carbons (Fsp3) is 0.400. The number of nitrogens with zero attached hydrogens (tertiary/aromatic N) is 3. The van der Waals surface area contributed by atoms with Crippen molar-refractivity contribution in [2.24, 2.45) is 0 Å². The van der Waals surface area contributed by atoms with Gasteiger partial charge >= 0.3 is 11.9 Å². The van der Waals surface area contributed by atoms with Crippen molar-refractivity contribution in [2.45, 2.75) is 12.7 Å². The molecule has 0 N–H and O–H groups in total. The second kappa shape index (κ2) is 3.71. The average Bonchev–Trinajstić information content (AvgIpc) is 2.26. The molecule has 1 aromatic heterocycles. The average molecular weight is 321 g/mol. The number of nitro groups is 1. The lowest BCUT2D eigenvalue weighted by Crippen LogP contribution is -2.17. The molecule has 1 aromatic rings. The Kier molecular flexibility index (Phi) is 2.97. The normalized spacial score (nSPS) is 11.7. The topological polar surface area (TPSA) is 61.0 Å². The summed E-state index contributed by atoms with van der Waals surface area (Å²) < 4.78 is 36.0. The van der Waals surface area contributed by atoms with Crippen molar-refractivity contribution in [3.63, 3.8) is 0 Å². The molecule has 0 bridgehead atoms. The maximum Gasteiger partial charge on any atom is 0.408 e. The summed E-state index contributed by atoms with van der Waals surface area (Å²) in [5.41, 5.74) is -0.421. The van der Waals surface area contributed by atoms with Crippen LogP contribution in [0.5, 0.6) is 0 Å². The molecule has 1 rings (SSSR count). The summed E-state index contributed by atoms with van der Waals surface area (Å²) in [5.74, 6) is 0. The van der Waals surface area contributed by atoms with Crippen LogP contribution < -0.4 is 0 Å². The van der Waals surface area contributed by atoms with Gasteiger partial charge in [0, 0.05) is 0 Å². The highest BCUT2D eigenvalue weighted by molar-refractivity contribution is 14.1. The van der Waals surface area contributed by atoms with Crippen molar-refractivity contribution in [1.82, 2.24) is 9.78 Å². The Morgan fingerprint density at radius 2 is 2.21 bits per heavy atom. The van der Waals surface area contributed by atoms with Gasteiger partial charge in [-0.1, -0.05) is 0 Å². The van der Waals surface area contributed by atoms with E-state index in [2.05, 4.69) is 5.10 Å². The van der Waals surface area contributed by atoms with Gasteiger partial charge in [-0.2, -0.15) is 18.3 Å². The molecule has 0 unspecified atom stereocenters. The third kappa shape index (κ3) is 2.82. The van der Waals surface area contributed by atoms with Gasteiger partial charge in [0.1, 0.15) is 12.7 Å². The summed E-state index contributed by atoms with van der Waals surface area (Å²) in [4.78, 5) is 9.49.